The third kappa shape index (κ3) is 1.56. The summed E-state index contributed by atoms with van der Waals surface area (Å²) in [5, 5.41) is 0.253. The van der Waals surface area contributed by atoms with Crippen LogP contribution < -0.4 is 11.5 Å². The predicted molar refractivity (Wildman–Crippen MR) is 53.3 cm³/mol. The lowest BCUT2D eigenvalue weighted by Crippen LogP contribution is -2.11. The molecule has 6 heteroatoms. The van der Waals surface area contributed by atoms with Crippen molar-refractivity contribution in [3.05, 3.63) is 16.0 Å². The Bertz CT molecular complexity index is 398. The summed E-state index contributed by atoms with van der Waals surface area (Å²) < 4.78 is 4.53. The van der Waals surface area contributed by atoms with Gasteiger partial charge in [0.05, 0.1) is 17.6 Å². The zero-order chi connectivity index (χ0) is 10.9. The molecule has 0 saturated heterocycles. The van der Waals surface area contributed by atoms with Crippen molar-refractivity contribution in [2.45, 2.75) is 6.92 Å². The van der Waals surface area contributed by atoms with Crippen LogP contribution in [0.15, 0.2) is 0 Å². The molecular weight excluding hydrogens is 204 g/mol. The maximum Gasteiger partial charge on any atom is 0.341 e. The van der Waals surface area contributed by atoms with E-state index in [1.165, 1.54) is 7.11 Å². The average molecular weight is 214 g/mol. The Labute approximate surface area is 84.6 Å². The van der Waals surface area contributed by atoms with Gasteiger partial charge in [-0.25, -0.2) is 4.79 Å². The van der Waals surface area contributed by atoms with Crippen molar-refractivity contribution in [3.8, 4) is 0 Å². The van der Waals surface area contributed by atoms with E-state index in [2.05, 4.69) is 4.74 Å². The lowest BCUT2D eigenvalue weighted by Gasteiger charge is -1.98. The van der Waals surface area contributed by atoms with E-state index in [1.54, 1.807) is 6.92 Å². The molecule has 76 valence electrons. The summed E-state index contributed by atoms with van der Waals surface area (Å²) in [6, 6.07) is 0. The molecule has 1 rings (SSSR count). The molecule has 0 aliphatic rings. The van der Waals surface area contributed by atoms with Gasteiger partial charge in [-0.1, -0.05) is 0 Å². The van der Waals surface area contributed by atoms with Crippen LogP contribution in [-0.2, 0) is 4.74 Å². The smallest absolute Gasteiger partial charge is 0.341 e. The van der Waals surface area contributed by atoms with Crippen LogP contribution in [0.4, 0.5) is 5.00 Å². The highest BCUT2D eigenvalue weighted by molar-refractivity contribution is 7.18. The minimum atomic E-state index is -0.589. The van der Waals surface area contributed by atoms with Crippen molar-refractivity contribution in [1.29, 1.82) is 0 Å². The van der Waals surface area contributed by atoms with Crippen LogP contribution in [0.5, 0.6) is 0 Å². The van der Waals surface area contributed by atoms with Gasteiger partial charge in [0.25, 0.3) is 5.91 Å². The largest absolute Gasteiger partial charge is 0.465 e. The van der Waals surface area contributed by atoms with Gasteiger partial charge < -0.3 is 16.2 Å². The van der Waals surface area contributed by atoms with Gasteiger partial charge in [-0.05, 0) is 12.5 Å². The number of thiophene rings is 1. The Hall–Kier alpha value is -1.56. The van der Waals surface area contributed by atoms with E-state index in [-0.39, 0.29) is 10.6 Å². The predicted octanol–water partition coefficient (Wildman–Crippen LogP) is 0.524. The normalized spacial score (nSPS) is 9.86. The number of methoxy groups -OCH3 is 1. The molecule has 0 bridgehead atoms. The third-order valence-electron chi connectivity index (χ3n) is 1.79. The molecule has 14 heavy (non-hydrogen) atoms. The number of nitrogen functional groups attached to an aromatic ring is 1. The molecule has 0 aromatic carbocycles. The van der Waals surface area contributed by atoms with E-state index < -0.39 is 11.9 Å². The summed E-state index contributed by atoms with van der Waals surface area (Å²) in [5.41, 5.74) is 11.4. The molecule has 1 amide bonds. The molecule has 0 unspecified atom stereocenters. The van der Waals surface area contributed by atoms with Crippen molar-refractivity contribution in [1.82, 2.24) is 0 Å². The average Bonchev–Trinajstić information content (AvgIpc) is 2.41. The number of rotatable bonds is 2. The first kappa shape index (κ1) is 10.5. The third-order valence-corrected chi connectivity index (χ3v) is 2.92. The van der Waals surface area contributed by atoms with E-state index in [0.29, 0.717) is 10.4 Å². The first-order chi connectivity index (χ1) is 6.49. The molecule has 0 aliphatic heterocycles. The molecule has 1 aromatic rings. The first-order valence-electron chi connectivity index (χ1n) is 3.76. The van der Waals surface area contributed by atoms with E-state index >= 15 is 0 Å². The standard InChI is InChI=1S/C8H10N2O3S/c1-3-4(8(12)13-2)7(10)14-5(3)6(9)11/h10H2,1-2H3,(H2,9,11). The summed E-state index contributed by atoms with van der Waals surface area (Å²) in [7, 11) is 1.25. The van der Waals surface area contributed by atoms with E-state index in [0.717, 1.165) is 11.3 Å². The number of nitrogens with two attached hydrogens (primary N) is 2. The number of esters is 1. The fourth-order valence-corrected chi connectivity index (χ4v) is 2.04. The van der Waals surface area contributed by atoms with Gasteiger partial charge in [0.15, 0.2) is 0 Å². The van der Waals surface area contributed by atoms with Crippen LogP contribution in [0, 0.1) is 6.92 Å². The van der Waals surface area contributed by atoms with Crippen LogP contribution >= 0.6 is 11.3 Å². The first-order valence-corrected chi connectivity index (χ1v) is 4.57. The quantitative estimate of drug-likeness (QED) is 0.702. The van der Waals surface area contributed by atoms with Gasteiger partial charge in [0.2, 0.25) is 0 Å². The van der Waals surface area contributed by atoms with Gasteiger partial charge in [-0.15, -0.1) is 11.3 Å². The molecular formula is C8H10N2O3S. The summed E-state index contributed by atoms with van der Waals surface area (Å²) in [6.07, 6.45) is 0. The number of amides is 1. The second kappa shape index (κ2) is 3.67. The van der Waals surface area contributed by atoms with Gasteiger partial charge in [-0.2, -0.15) is 0 Å². The Balaban J connectivity index is 3.31. The minimum absolute atomic E-state index is 0.228. The Morgan fingerprint density at radius 2 is 2.00 bits per heavy atom. The number of hydrogen-bond donors (Lipinski definition) is 2. The van der Waals surface area contributed by atoms with Crippen molar-refractivity contribution < 1.29 is 14.3 Å². The maximum atomic E-state index is 11.2. The van der Waals surface area contributed by atoms with E-state index in [9.17, 15) is 9.59 Å². The number of primary amides is 1. The molecule has 0 saturated carbocycles. The van der Waals surface area contributed by atoms with Crippen molar-refractivity contribution in [3.63, 3.8) is 0 Å². The zero-order valence-electron chi connectivity index (χ0n) is 7.79. The molecule has 1 heterocycles. The maximum absolute atomic E-state index is 11.2. The summed E-state index contributed by atoms with van der Waals surface area (Å²) in [4.78, 5) is 22.5. The Kier molecular flexibility index (Phi) is 2.76. The molecule has 0 atom stereocenters. The van der Waals surface area contributed by atoms with Crippen LogP contribution in [0.25, 0.3) is 0 Å². The van der Waals surface area contributed by atoms with Crippen LogP contribution in [0.3, 0.4) is 0 Å². The summed E-state index contributed by atoms with van der Waals surface area (Å²) in [5.74, 6) is -1.14. The molecule has 0 radical (unpaired) electrons. The van der Waals surface area contributed by atoms with Crippen molar-refractivity contribution in [2.24, 2.45) is 5.73 Å². The molecule has 1 aromatic heterocycles. The van der Waals surface area contributed by atoms with Crippen LogP contribution in [-0.4, -0.2) is 19.0 Å². The second-order valence-electron chi connectivity index (χ2n) is 2.65. The Morgan fingerprint density at radius 1 is 1.43 bits per heavy atom. The van der Waals surface area contributed by atoms with Gasteiger partial charge in [0.1, 0.15) is 5.00 Å². The minimum Gasteiger partial charge on any atom is -0.465 e. The number of hydrogen-bond acceptors (Lipinski definition) is 5. The highest BCUT2D eigenvalue weighted by Crippen LogP contribution is 2.30. The van der Waals surface area contributed by atoms with Gasteiger partial charge in [0, 0.05) is 0 Å². The monoisotopic (exact) mass is 214 g/mol. The highest BCUT2D eigenvalue weighted by Gasteiger charge is 2.22. The topological polar surface area (TPSA) is 95.4 Å². The van der Waals surface area contributed by atoms with Crippen LogP contribution in [0.2, 0.25) is 0 Å². The molecule has 4 N–H and O–H groups in total. The molecule has 0 spiro atoms. The lowest BCUT2D eigenvalue weighted by molar-refractivity contribution is 0.0601. The van der Waals surface area contributed by atoms with Gasteiger partial charge in [-0.3, -0.25) is 4.79 Å². The fourth-order valence-electron chi connectivity index (χ4n) is 1.13. The second-order valence-corrected chi connectivity index (χ2v) is 3.70. The highest BCUT2D eigenvalue weighted by atomic mass is 32.1. The summed E-state index contributed by atoms with van der Waals surface area (Å²) >= 11 is 0.995. The van der Waals surface area contributed by atoms with Crippen LogP contribution in [0.1, 0.15) is 25.6 Å². The summed E-state index contributed by atoms with van der Waals surface area (Å²) in [6.45, 7) is 1.61. The van der Waals surface area contributed by atoms with E-state index in [4.69, 9.17) is 11.5 Å². The number of carbonyl (C=O) groups is 2. The fraction of sp³-hybridized carbons (Fsp3) is 0.250. The SMILES string of the molecule is COC(=O)c1c(N)sc(C(N)=O)c1C. The number of ether oxygens (including phenoxy) is 1. The van der Waals surface area contributed by atoms with Crippen molar-refractivity contribution in [2.75, 3.05) is 12.8 Å². The number of carbonyl (C=O) groups excluding carboxylic acids is 2. The van der Waals surface area contributed by atoms with Gasteiger partial charge >= 0.3 is 5.97 Å². The molecule has 0 aliphatic carbocycles. The lowest BCUT2D eigenvalue weighted by atomic mass is 10.1. The molecule has 5 nitrogen and oxygen atoms in total. The van der Waals surface area contributed by atoms with E-state index in [1.807, 2.05) is 0 Å². The zero-order valence-corrected chi connectivity index (χ0v) is 8.60. The molecule has 0 fully saturated rings. The Morgan fingerprint density at radius 3 is 2.36 bits per heavy atom. The van der Waals surface area contributed by atoms with Crippen molar-refractivity contribution >= 4 is 28.2 Å². The number of anilines is 1.